The maximum atomic E-state index is 12.2. The monoisotopic (exact) mass is 261 g/mol. The number of rotatable bonds is 4. The first-order valence-electron chi connectivity index (χ1n) is 6.69. The molecule has 102 valence electrons. The SMILES string of the molecule is CCOC(=O)CCC(=O)N1c2ccccc2CC1C. The van der Waals surface area contributed by atoms with Gasteiger partial charge in [-0.2, -0.15) is 0 Å². The topological polar surface area (TPSA) is 46.6 Å². The zero-order chi connectivity index (χ0) is 13.8. The fourth-order valence-corrected chi connectivity index (χ4v) is 2.51. The van der Waals surface area contributed by atoms with Crippen LogP contribution in [0.5, 0.6) is 0 Å². The van der Waals surface area contributed by atoms with Crippen molar-refractivity contribution in [2.45, 2.75) is 39.2 Å². The van der Waals surface area contributed by atoms with Crippen molar-refractivity contribution in [3.63, 3.8) is 0 Å². The molecule has 19 heavy (non-hydrogen) atoms. The number of carbonyl (C=O) groups is 2. The minimum Gasteiger partial charge on any atom is -0.466 e. The zero-order valence-electron chi connectivity index (χ0n) is 11.4. The predicted octanol–water partition coefficient (Wildman–Crippen LogP) is 2.31. The molecule has 0 aliphatic carbocycles. The van der Waals surface area contributed by atoms with Gasteiger partial charge in [0.15, 0.2) is 0 Å². The number of anilines is 1. The fraction of sp³-hybridized carbons (Fsp3) is 0.467. The van der Waals surface area contributed by atoms with Crippen LogP contribution in [0.1, 0.15) is 32.3 Å². The molecule has 1 aliphatic heterocycles. The second-order valence-corrected chi connectivity index (χ2v) is 4.75. The van der Waals surface area contributed by atoms with Gasteiger partial charge in [0.25, 0.3) is 0 Å². The molecule has 0 aromatic heterocycles. The lowest BCUT2D eigenvalue weighted by molar-refractivity contribution is -0.144. The van der Waals surface area contributed by atoms with E-state index in [9.17, 15) is 9.59 Å². The molecule has 0 fully saturated rings. The molecule has 0 saturated heterocycles. The predicted molar refractivity (Wildman–Crippen MR) is 73.0 cm³/mol. The van der Waals surface area contributed by atoms with Crippen LogP contribution >= 0.6 is 0 Å². The van der Waals surface area contributed by atoms with E-state index in [0.29, 0.717) is 6.61 Å². The molecule has 0 saturated carbocycles. The third kappa shape index (κ3) is 2.95. The summed E-state index contributed by atoms with van der Waals surface area (Å²) in [6.45, 7) is 4.15. The van der Waals surface area contributed by atoms with Crippen molar-refractivity contribution in [1.29, 1.82) is 0 Å². The van der Waals surface area contributed by atoms with Crippen molar-refractivity contribution in [3.8, 4) is 0 Å². The van der Waals surface area contributed by atoms with Gasteiger partial charge in [-0.1, -0.05) is 18.2 Å². The Morgan fingerprint density at radius 3 is 2.79 bits per heavy atom. The second kappa shape index (κ2) is 5.87. The smallest absolute Gasteiger partial charge is 0.306 e. The van der Waals surface area contributed by atoms with Crippen molar-refractivity contribution in [2.75, 3.05) is 11.5 Å². The lowest BCUT2D eigenvalue weighted by atomic mass is 10.1. The summed E-state index contributed by atoms with van der Waals surface area (Å²) < 4.78 is 4.84. The molecular weight excluding hydrogens is 242 g/mol. The van der Waals surface area contributed by atoms with Gasteiger partial charge in [0.2, 0.25) is 5.91 Å². The Hall–Kier alpha value is -1.84. The van der Waals surface area contributed by atoms with Crippen molar-refractivity contribution < 1.29 is 14.3 Å². The number of benzene rings is 1. The summed E-state index contributed by atoms with van der Waals surface area (Å²) in [5.41, 5.74) is 2.17. The summed E-state index contributed by atoms with van der Waals surface area (Å²) in [6.07, 6.45) is 1.23. The van der Waals surface area contributed by atoms with Crippen LogP contribution in [0.4, 0.5) is 5.69 Å². The molecule has 1 atom stereocenters. The van der Waals surface area contributed by atoms with Crippen molar-refractivity contribution in [3.05, 3.63) is 29.8 Å². The average molecular weight is 261 g/mol. The first-order chi connectivity index (χ1) is 9.13. The molecule has 1 aromatic rings. The molecule has 1 heterocycles. The van der Waals surface area contributed by atoms with Crippen molar-refractivity contribution >= 4 is 17.6 Å². The van der Waals surface area contributed by atoms with Gasteiger partial charge in [0.1, 0.15) is 0 Å². The van der Waals surface area contributed by atoms with E-state index in [1.165, 1.54) is 5.56 Å². The summed E-state index contributed by atoms with van der Waals surface area (Å²) >= 11 is 0. The van der Waals surface area contributed by atoms with Crippen LogP contribution in [-0.4, -0.2) is 24.5 Å². The molecule has 1 aliphatic rings. The molecule has 4 heteroatoms. The third-order valence-electron chi connectivity index (χ3n) is 3.32. The quantitative estimate of drug-likeness (QED) is 0.781. The van der Waals surface area contributed by atoms with Crippen LogP contribution in [0, 0.1) is 0 Å². The molecule has 2 rings (SSSR count). The molecule has 1 aromatic carbocycles. The van der Waals surface area contributed by atoms with Crippen LogP contribution in [0.3, 0.4) is 0 Å². The lowest BCUT2D eigenvalue weighted by Gasteiger charge is -2.22. The Kier molecular flexibility index (Phi) is 4.20. The molecule has 0 bridgehead atoms. The molecule has 1 amide bonds. The highest BCUT2D eigenvalue weighted by atomic mass is 16.5. The average Bonchev–Trinajstić information content (AvgIpc) is 2.72. The van der Waals surface area contributed by atoms with E-state index in [1.807, 2.05) is 31.2 Å². The van der Waals surface area contributed by atoms with E-state index in [2.05, 4.69) is 0 Å². The highest BCUT2D eigenvalue weighted by Gasteiger charge is 2.30. The van der Waals surface area contributed by atoms with Gasteiger partial charge in [0, 0.05) is 18.2 Å². The molecule has 1 unspecified atom stereocenters. The molecule has 4 nitrogen and oxygen atoms in total. The molecular formula is C15H19NO3. The van der Waals surface area contributed by atoms with Gasteiger partial charge in [-0.15, -0.1) is 0 Å². The maximum Gasteiger partial charge on any atom is 0.306 e. The van der Waals surface area contributed by atoms with Gasteiger partial charge >= 0.3 is 5.97 Å². The fourth-order valence-electron chi connectivity index (χ4n) is 2.51. The van der Waals surface area contributed by atoms with Crippen LogP contribution in [-0.2, 0) is 20.7 Å². The maximum absolute atomic E-state index is 12.2. The molecule has 0 spiro atoms. The van der Waals surface area contributed by atoms with Crippen LogP contribution < -0.4 is 4.90 Å². The molecule has 0 radical (unpaired) electrons. The van der Waals surface area contributed by atoms with Gasteiger partial charge < -0.3 is 9.64 Å². The number of amides is 1. The number of ether oxygens (including phenoxy) is 1. The van der Waals surface area contributed by atoms with E-state index < -0.39 is 0 Å². The normalized spacial score (nSPS) is 17.2. The Balaban J connectivity index is 2.01. The first-order valence-corrected chi connectivity index (χ1v) is 6.69. The molecule has 0 N–H and O–H groups in total. The van der Waals surface area contributed by atoms with E-state index in [0.717, 1.165) is 12.1 Å². The number of hydrogen-bond acceptors (Lipinski definition) is 3. The summed E-state index contributed by atoms with van der Waals surface area (Å²) in [5, 5.41) is 0. The van der Waals surface area contributed by atoms with Gasteiger partial charge in [0.05, 0.1) is 13.0 Å². The Labute approximate surface area is 113 Å². The van der Waals surface area contributed by atoms with E-state index in [-0.39, 0.29) is 30.8 Å². The van der Waals surface area contributed by atoms with E-state index in [1.54, 1.807) is 11.8 Å². The minimum absolute atomic E-state index is 0.00879. The highest BCUT2D eigenvalue weighted by Crippen LogP contribution is 2.32. The van der Waals surface area contributed by atoms with Gasteiger partial charge in [-0.05, 0) is 31.9 Å². The summed E-state index contributed by atoms with van der Waals surface area (Å²) in [4.78, 5) is 25.3. The number of para-hydroxylation sites is 1. The highest BCUT2D eigenvalue weighted by molar-refractivity contribution is 5.97. The second-order valence-electron chi connectivity index (χ2n) is 4.75. The largest absolute Gasteiger partial charge is 0.466 e. The number of hydrogen-bond donors (Lipinski definition) is 0. The van der Waals surface area contributed by atoms with Crippen LogP contribution in [0.25, 0.3) is 0 Å². The van der Waals surface area contributed by atoms with Crippen molar-refractivity contribution in [1.82, 2.24) is 0 Å². The van der Waals surface area contributed by atoms with E-state index in [4.69, 9.17) is 4.74 Å². The summed E-state index contributed by atoms with van der Waals surface area (Å²) in [7, 11) is 0. The Morgan fingerprint density at radius 1 is 1.32 bits per heavy atom. The van der Waals surface area contributed by atoms with Gasteiger partial charge in [-0.25, -0.2) is 0 Å². The number of fused-ring (bicyclic) bond motifs is 1. The first kappa shape index (κ1) is 13.6. The zero-order valence-corrected chi connectivity index (χ0v) is 11.4. The summed E-state index contributed by atoms with van der Waals surface area (Å²) in [5.74, 6) is -0.318. The van der Waals surface area contributed by atoms with Crippen LogP contribution in [0.2, 0.25) is 0 Å². The van der Waals surface area contributed by atoms with Crippen LogP contribution in [0.15, 0.2) is 24.3 Å². The third-order valence-corrected chi connectivity index (χ3v) is 3.32. The summed E-state index contributed by atoms with van der Waals surface area (Å²) in [6, 6.07) is 8.08. The Morgan fingerprint density at radius 2 is 2.05 bits per heavy atom. The number of esters is 1. The van der Waals surface area contributed by atoms with Crippen molar-refractivity contribution in [2.24, 2.45) is 0 Å². The van der Waals surface area contributed by atoms with Gasteiger partial charge in [-0.3, -0.25) is 9.59 Å². The minimum atomic E-state index is -0.309. The van der Waals surface area contributed by atoms with E-state index >= 15 is 0 Å². The standard InChI is InChI=1S/C15H19NO3/c1-3-19-15(18)9-8-14(17)16-11(2)10-12-6-4-5-7-13(12)16/h4-7,11H,3,8-10H2,1-2H3. The Bertz CT molecular complexity index is 484. The number of nitrogens with zero attached hydrogens (tertiary/aromatic N) is 1. The lowest BCUT2D eigenvalue weighted by Crippen LogP contribution is -2.35. The number of carbonyl (C=O) groups excluding carboxylic acids is 2.